The number of hydrogen-bond donors (Lipinski definition) is 1. The van der Waals surface area contributed by atoms with Gasteiger partial charge in [-0.3, -0.25) is 9.10 Å². The predicted octanol–water partition coefficient (Wildman–Crippen LogP) is 4.52. The Morgan fingerprint density at radius 3 is 2.25 bits per heavy atom. The molecule has 2 fully saturated rings. The summed E-state index contributed by atoms with van der Waals surface area (Å²) in [4.78, 5) is 12.6. The minimum absolute atomic E-state index is 0.0617. The first-order valence-corrected chi connectivity index (χ1v) is 16.1. The number of carbonyl (C=O) groups excluding carboxylic acids is 1. The second kappa shape index (κ2) is 10.4. The van der Waals surface area contributed by atoms with E-state index < -0.39 is 45.9 Å². The van der Waals surface area contributed by atoms with Crippen molar-refractivity contribution in [1.29, 1.82) is 0 Å². The fourth-order valence-corrected chi connectivity index (χ4v) is 6.35. The SMILES string of the molecule is CC1(C)OB(c2ccc(CN(c3cn4nc(-c5ccc(F)cc5)c(C(N)=O)c4cc3C3CC3)S(C)(=O)=O)cc2F)OC1(C)C. The lowest BCUT2D eigenvalue weighted by Gasteiger charge is -2.32. The maximum absolute atomic E-state index is 15.5. The van der Waals surface area contributed by atoms with Crippen LogP contribution in [0.3, 0.4) is 0 Å². The van der Waals surface area contributed by atoms with Crippen molar-refractivity contribution in [3.05, 3.63) is 83.1 Å². The summed E-state index contributed by atoms with van der Waals surface area (Å²) >= 11 is 0. The molecule has 0 spiro atoms. The molecule has 0 unspecified atom stereocenters. The normalized spacial score (nSPS) is 17.8. The molecule has 13 heteroatoms. The van der Waals surface area contributed by atoms with E-state index in [2.05, 4.69) is 5.10 Å². The molecule has 1 saturated heterocycles. The second-order valence-electron chi connectivity index (χ2n) is 12.5. The van der Waals surface area contributed by atoms with E-state index in [0.717, 1.165) is 19.1 Å². The number of benzene rings is 2. The number of carbonyl (C=O) groups is 1. The van der Waals surface area contributed by atoms with Gasteiger partial charge in [0, 0.05) is 11.0 Å². The highest BCUT2D eigenvalue weighted by Crippen LogP contribution is 2.46. The topological polar surface area (TPSA) is 116 Å². The van der Waals surface area contributed by atoms with Crippen LogP contribution in [0, 0.1) is 11.6 Å². The summed E-state index contributed by atoms with van der Waals surface area (Å²) in [6, 6.07) is 11.8. The van der Waals surface area contributed by atoms with E-state index in [0.29, 0.717) is 27.9 Å². The van der Waals surface area contributed by atoms with Crippen molar-refractivity contribution >= 4 is 39.7 Å². The fraction of sp³-hybridized carbons (Fsp3) is 0.355. The number of halogens is 2. The number of rotatable bonds is 8. The molecule has 1 saturated carbocycles. The Kier molecular flexibility index (Phi) is 7.14. The van der Waals surface area contributed by atoms with Crippen LogP contribution < -0.4 is 15.5 Å². The quantitative estimate of drug-likeness (QED) is 0.289. The van der Waals surface area contributed by atoms with E-state index in [1.165, 1.54) is 39.2 Å². The third kappa shape index (κ3) is 5.37. The first-order chi connectivity index (χ1) is 20.6. The number of hydrogen-bond acceptors (Lipinski definition) is 6. The van der Waals surface area contributed by atoms with Crippen LogP contribution in [-0.4, -0.2) is 48.5 Å². The molecular weight excluding hydrogens is 589 g/mol. The molecule has 44 heavy (non-hydrogen) atoms. The van der Waals surface area contributed by atoms with Gasteiger partial charge in [-0.1, -0.05) is 12.1 Å². The molecule has 1 amide bonds. The van der Waals surface area contributed by atoms with Gasteiger partial charge in [-0.2, -0.15) is 5.10 Å². The lowest BCUT2D eigenvalue weighted by molar-refractivity contribution is 0.00578. The highest BCUT2D eigenvalue weighted by atomic mass is 32.2. The molecule has 1 aliphatic heterocycles. The van der Waals surface area contributed by atoms with E-state index in [1.54, 1.807) is 24.4 Å². The van der Waals surface area contributed by atoms with Crippen LogP contribution in [0.2, 0.25) is 0 Å². The zero-order valence-electron chi connectivity index (χ0n) is 25.1. The average Bonchev–Trinajstić information content (AvgIpc) is 3.65. The van der Waals surface area contributed by atoms with Crippen LogP contribution in [0.4, 0.5) is 14.5 Å². The van der Waals surface area contributed by atoms with Crippen LogP contribution in [0.25, 0.3) is 16.8 Å². The molecule has 0 atom stereocenters. The molecule has 2 N–H and O–H groups in total. The first kappa shape index (κ1) is 30.2. The summed E-state index contributed by atoms with van der Waals surface area (Å²) in [7, 11) is -4.78. The number of fused-ring (bicyclic) bond motifs is 1. The third-order valence-electron chi connectivity index (χ3n) is 8.73. The molecule has 9 nitrogen and oxygen atoms in total. The standard InChI is InChI=1S/C31H33BF2N4O5S/c1-30(2)31(3,4)43-32(42-30)23-13-6-18(14-24(23)34)16-38(44(5,40)41)26-17-37-25(15-22(26)19-7-8-19)27(29(35)39)28(36-37)20-9-11-21(33)12-10-20/h6,9-15,17,19H,7-8,16H2,1-5H3,(H2,35,39). The number of pyridine rings is 1. The molecule has 230 valence electrons. The Morgan fingerprint density at radius 2 is 1.70 bits per heavy atom. The van der Waals surface area contributed by atoms with Crippen LogP contribution in [-0.2, 0) is 25.9 Å². The molecule has 2 aromatic carbocycles. The molecule has 1 aliphatic carbocycles. The Morgan fingerprint density at radius 1 is 1.07 bits per heavy atom. The van der Waals surface area contributed by atoms with E-state index in [9.17, 15) is 17.6 Å². The van der Waals surface area contributed by atoms with E-state index >= 15 is 4.39 Å². The highest BCUT2D eigenvalue weighted by molar-refractivity contribution is 7.92. The van der Waals surface area contributed by atoms with Crippen molar-refractivity contribution in [2.45, 2.75) is 64.2 Å². The molecule has 6 rings (SSSR count). The van der Waals surface area contributed by atoms with Crippen LogP contribution >= 0.6 is 0 Å². The molecule has 0 radical (unpaired) electrons. The largest absolute Gasteiger partial charge is 0.497 e. The highest BCUT2D eigenvalue weighted by Gasteiger charge is 2.52. The number of aromatic nitrogens is 2. The van der Waals surface area contributed by atoms with Crippen molar-refractivity contribution in [1.82, 2.24) is 9.61 Å². The number of primary amides is 1. The molecule has 2 aromatic heterocycles. The summed E-state index contributed by atoms with van der Waals surface area (Å²) in [5.74, 6) is -1.67. The Labute approximate surface area is 255 Å². The van der Waals surface area contributed by atoms with Crippen molar-refractivity contribution in [3.8, 4) is 11.3 Å². The van der Waals surface area contributed by atoms with E-state index in [4.69, 9.17) is 15.0 Å². The zero-order chi connectivity index (χ0) is 31.8. The monoisotopic (exact) mass is 622 g/mol. The van der Waals surface area contributed by atoms with Gasteiger partial charge < -0.3 is 15.0 Å². The molecule has 3 heterocycles. The number of nitrogens with zero attached hydrogens (tertiary/aromatic N) is 3. The summed E-state index contributed by atoms with van der Waals surface area (Å²) in [5, 5.41) is 4.56. The van der Waals surface area contributed by atoms with Crippen LogP contribution in [0.15, 0.2) is 54.7 Å². The lowest BCUT2D eigenvalue weighted by atomic mass is 9.78. The fourth-order valence-electron chi connectivity index (χ4n) is 5.46. The summed E-state index contributed by atoms with van der Waals surface area (Å²) < 4.78 is 70.3. The van der Waals surface area contributed by atoms with Crippen LogP contribution in [0.1, 0.15) is 67.9 Å². The minimum Gasteiger partial charge on any atom is -0.399 e. The van der Waals surface area contributed by atoms with Crippen molar-refractivity contribution in [2.24, 2.45) is 5.73 Å². The van der Waals surface area contributed by atoms with Gasteiger partial charge in [-0.05, 0) is 94.0 Å². The predicted molar refractivity (Wildman–Crippen MR) is 164 cm³/mol. The van der Waals surface area contributed by atoms with Gasteiger partial charge in [0.25, 0.3) is 5.91 Å². The van der Waals surface area contributed by atoms with Gasteiger partial charge in [0.15, 0.2) is 0 Å². The maximum Gasteiger partial charge on any atom is 0.497 e. The summed E-state index contributed by atoms with van der Waals surface area (Å²) in [6.45, 7) is 7.37. The number of anilines is 1. The smallest absolute Gasteiger partial charge is 0.399 e. The molecule has 2 aliphatic rings. The Balaban J connectivity index is 1.42. The Bertz CT molecular complexity index is 1890. The van der Waals surface area contributed by atoms with E-state index in [-0.39, 0.29) is 29.2 Å². The second-order valence-corrected chi connectivity index (χ2v) is 14.4. The van der Waals surface area contributed by atoms with Gasteiger partial charge in [0.05, 0.1) is 47.0 Å². The van der Waals surface area contributed by atoms with Gasteiger partial charge in [-0.25, -0.2) is 21.7 Å². The number of amides is 1. The van der Waals surface area contributed by atoms with Gasteiger partial charge in [0.1, 0.15) is 17.3 Å². The van der Waals surface area contributed by atoms with Gasteiger partial charge in [-0.15, -0.1) is 0 Å². The lowest BCUT2D eigenvalue weighted by Crippen LogP contribution is -2.41. The molecular formula is C31H33BF2N4O5S. The van der Waals surface area contributed by atoms with Gasteiger partial charge in [0.2, 0.25) is 10.0 Å². The van der Waals surface area contributed by atoms with Crippen molar-refractivity contribution < 1.29 is 31.3 Å². The summed E-state index contributed by atoms with van der Waals surface area (Å²) in [5.41, 5.74) is 7.50. The zero-order valence-corrected chi connectivity index (χ0v) is 25.9. The third-order valence-corrected chi connectivity index (χ3v) is 9.85. The van der Waals surface area contributed by atoms with Crippen LogP contribution in [0.5, 0.6) is 0 Å². The average molecular weight is 623 g/mol. The van der Waals surface area contributed by atoms with Crippen molar-refractivity contribution in [2.75, 3.05) is 10.6 Å². The van der Waals surface area contributed by atoms with Gasteiger partial charge >= 0.3 is 7.12 Å². The minimum atomic E-state index is -3.87. The molecule has 0 bridgehead atoms. The first-order valence-electron chi connectivity index (χ1n) is 14.3. The van der Waals surface area contributed by atoms with Crippen molar-refractivity contribution in [3.63, 3.8) is 0 Å². The molecule has 4 aromatic rings. The van der Waals surface area contributed by atoms with E-state index in [1.807, 2.05) is 27.7 Å². The maximum atomic E-state index is 15.5. The number of nitrogens with two attached hydrogens (primary N) is 1. The summed E-state index contributed by atoms with van der Waals surface area (Å²) in [6.07, 6.45) is 4.32. The number of sulfonamides is 1. The Hall–Kier alpha value is -3.81.